The lowest BCUT2D eigenvalue weighted by Crippen LogP contribution is -2.60. The van der Waals surface area contributed by atoms with Crippen molar-refractivity contribution in [1.29, 1.82) is 0 Å². The molecule has 0 bridgehead atoms. The van der Waals surface area contributed by atoms with Crippen LogP contribution >= 0.6 is 0 Å². The minimum absolute atomic E-state index is 0.0115. The molecule has 2 aliphatic carbocycles. The highest BCUT2D eigenvalue weighted by molar-refractivity contribution is 6.31. The monoisotopic (exact) mass is 1040 g/mol. The van der Waals surface area contributed by atoms with Crippen LogP contribution in [0, 0.1) is 0 Å². The summed E-state index contributed by atoms with van der Waals surface area (Å²) < 4.78 is 64.4. The van der Waals surface area contributed by atoms with E-state index in [9.17, 15) is 40.2 Å². The van der Waals surface area contributed by atoms with Gasteiger partial charge in [0, 0.05) is 60.9 Å². The lowest BCUT2D eigenvalue weighted by atomic mass is 9.71. The Hall–Kier alpha value is -3.42. The number of ether oxygens (including phenoxy) is 10. The van der Waals surface area contributed by atoms with Gasteiger partial charge in [0.25, 0.3) is 0 Å². The topological polar surface area (TPSA) is 254 Å². The standard InChI is InChI=1S/C54H78N2O18/c1-11-54(64)20-19-30-43(49(63)45-44(47(30)61)48(62)42-29(46(45)60)13-12-14-34(42)58)53(54)74-40-22-32(56(9)10)50(27(5)68-40)72-39-21-31(55(7)8)51(26(4)67-39)73-41-23-35(59)52(28(6)69-41)71-38-18-16-36(25(3)66-38)70-37-17-15-33(57)24(2)65-37/h12-14,24-28,31-33,35-41,50-53,57-59,61,63-64H,11,15-23H2,1-10H3. The van der Waals surface area contributed by atoms with E-state index in [4.69, 9.17) is 47.4 Å². The van der Waals surface area contributed by atoms with Crippen molar-refractivity contribution in [1.82, 2.24) is 9.80 Å². The van der Waals surface area contributed by atoms with Crippen molar-refractivity contribution in [2.75, 3.05) is 28.2 Å². The van der Waals surface area contributed by atoms with Gasteiger partial charge in [-0.25, -0.2) is 0 Å². The number of aliphatic hydroxyl groups excluding tert-OH is 2. The number of phenols is 3. The molecule has 5 aliphatic heterocycles. The molecule has 20 nitrogen and oxygen atoms in total. The van der Waals surface area contributed by atoms with E-state index in [-0.39, 0.29) is 84.8 Å². The second-order valence-electron chi connectivity index (χ2n) is 22.1. The number of carbonyl (C=O) groups is 2. The van der Waals surface area contributed by atoms with Crippen molar-refractivity contribution in [3.8, 4) is 17.2 Å². The SMILES string of the molecule is CCC1(O)CCc2c(O)c3c(c(O)c2C1OC1CC(N(C)C)C(OC2CC(N(C)C)C(OC4CC(O)C(OC5CCC(OC6CCC(O)C(C)O6)C(C)O5)C(C)O4)C(C)O2)C(C)O1)C(=O)c1cccc(O)c1C3=O. The molecule has 6 N–H and O–H groups in total. The summed E-state index contributed by atoms with van der Waals surface area (Å²) in [5.74, 6) is -3.04. The zero-order valence-electron chi connectivity index (χ0n) is 44.2. The molecule has 5 heterocycles. The van der Waals surface area contributed by atoms with Gasteiger partial charge in [0.1, 0.15) is 41.7 Å². The molecular weight excluding hydrogens is 965 g/mol. The third-order valence-corrected chi connectivity index (χ3v) is 16.7. The Balaban J connectivity index is 0.825. The number of ketones is 2. The van der Waals surface area contributed by atoms with E-state index in [1.54, 1.807) is 6.92 Å². The minimum atomic E-state index is -1.56. The van der Waals surface area contributed by atoms with Crippen LogP contribution in [0.1, 0.15) is 148 Å². The van der Waals surface area contributed by atoms with Crippen LogP contribution in [0.4, 0.5) is 0 Å². The van der Waals surface area contributed by atoms with Gasteiger partial charge < -0.3 is 87.8 Å². The van der Waals surface area contributed by atoms with Crippen molar-refractivity contribution >= 4 is 11.6 Å². The van der Waals surface area contributed by atoms with Crippen molar-refractivity contribution in [3.63, 3.8) is 0 Å². The Labute approximate surface area is 433 Å². The van der Waals surface area contributed by atoms with E-state index < -0.39 is 132 Å². The van der Waals surface area contributed by atoms with Crippen molar-refractivity contribution in [3.05, 3.63) is 51.6 Å². The number of aliphatic hydroxyl groups is 3. The molecule has 0 amide bonds. The maximum Gasteiger partial charge on any atom is 0.202 e. The summed E-state index contributed by atoms with van der Waals surface area (Å²) in [6, 6.07) is 3.59. The van der Waals surface area contributed by atoms with Crippen LogP contribution in [-0.2, 0) is 53.8 Å². The highest BCUT2D eigenvalue weighted by Gasteiger charge is 2.52. The Bertz CT molecular complexity index is 2340. The van der Waals surface area contributed by atoms with E-state index >= 15 is 0 Å². The normalized spacial score (nSPS) is 40.7. The summed E-state index contributed by atoms with van der Waals surface area (Å²) in [5, 5.41) is 68.0. The number of fused-ring (bicyclic) bond motifs is 3. The number of carbonyl (C=O) groups excluding carboxylic acids is 2. The van der Waals surface area contributed by atoms with E-state index in [1.807, 2.05) is 67.7 Å². The van der Waals surface area contributed by atoms with Crippen LogP contribution in [0.3, 0.4) is 0 Å². The predicted molar refractivity (Wildman–Crippen MR) is 263 cm³/mol. The fourth-order valence-corrected chi connectivity index (χ4v) is 12.3. The smallest absolute Gasteiger partial charge is 0.202 e. The van der Waals surface area contributed by atoms with Crippen LogP contribution in [0.5, 0.6) is 17.2 Å². The number of hydrogen-bond acceptors (Lipinski definition) is 20. The number of nitrogens with zero attached hydrogens (tertiary/aromatic N) is 2. The Kier molecular flexibility index (Phi) is 16.6. The maximum absolute atomic E-state index is 14.0. The van der Waals surface area contributed by atoms with Crippen molar-refractivity contribution < 1.29 is 87.6 Å². The van der Waals surface area contributed by atoms with E-state index in [0.717, 1.165) is 0 Å². The van der Waals surface area contributed by atoms with E-state index in [2.05, 4.69) is 4.90 Å². The molecule has 412 valence electrons. The van der Waals surface area contributed by atoms with E-state index in [0.29, 0.717) is 32.1 Å². The van der Waals surface area contributed by atoms with E-state index in [1.165, 1.54) is 18.2 Å². The second kappa shape index (κ2) is 22.1. The molecule has 20 atom stereocenters. The molecule has 5 saturated heterocycles. The highest BCUT2D eigenvalue weighted by atomic mass is 16.8. The molecule has 0 spiro atoms. The summed E-state index contributed by atoms with van der Waals surface area (Å²) in [4.78, 5) is 31.8. The zero-order valence-corrected chi connectivity index (χ0v) is 44.2. The quantitative estimate of drug-likeness (QED) is 0.131. The van der Waals surface area contributed by atoms with Crippen LogP contribution in [0.2, 0.25) is 0 Å². The third-order valence-electron chi connectivity index (χ3n) is 16.7. The maximum atomic E-state index is 14.0. The summed E-state index contributed by atoms with van der Waals surface area (Å²) in [5.41, 5.74) is -2.55. The first-order chi connectivity index (χ1) is 35.1. The summed E-state index contributed by atoms with van der Waals surface area (Å²) >= 11 is 0. The predicted octanol–water partition coefficient (Wildman–Crippen LogP) is 4.30. The Morgan fingerprint density at radius 3 is 1.70 bits per heavy atom. The number of hydrogen-bond donors (Lipinski definition) is 6. The minimum Gasteiger partial charge on any atom is -0.507 e. The molecule has 7 aliphatic rings. The third kappa shape index (κ3) is 10.6. The molecular formula is C54H78N2O18. The average Bonchev–Trinajstić information content (AvgIpc) is 3.34. The van der Waals surface area contributed by atoms with Crippen LogP contribution in [0.25, 0.3) is 0 Å². The molecule has 5 fully saturated rings. The van der Waals surface area contributed by atoms with Gasteiger partial charge in [0.05, 0.1) is 71.1 Å². The molecule has 2 aromatic carbocycles. The zero-order chi connectivity index (χ0) is 53.2. The molecule has 20 heteroatoms. The molecule has 0 radical (unpaired) electrons. The van der Waals surface area contributed by atoms with Gasteiger partial charge in [-0.2, -0.15) is 0 Å². The highest BCUT2D eigenvalue weighted by Crippen LogP contribution is 2.54. The molecule has 9 rings (SSSR count). The van der Waals surface area contributed by atoms with Crippen LogP contribution in [-0.4, -0.2) is 196 Å². The number of aromatic hydroxyl groups is 3. The molecule has 2 aromatic rings. The van der Waals surface area contributed by atoms with Gasteiger partial charge in [-0.15, -0.1) is 0 Å². The van der Waals surface area contributed by atoms with Gasteiger partial charge in [-0.1, -0.05) is 19.1 Å². The van der Waals surface area contributed by atoms with Crippen LogP contribution < -0.4 is 0 Å². The first-order valence-electron chi connectivity index (χ1n) is 26.6. The van der Waals surface area contributed by atoms with Gasteiger partial charge in [-0.05, 0) is 101 Å². The van der Waals surface area contributed by atoms with Gasteiger partial charge in [-0.3, -0.25) is 9.59 Å². The average molecular weight is 1040 g/mol. The fourth-order valence-electron chi connectivity index (χ4n) is 12.3. The summed E-state index contributed by atoms with van der Waals surface area (Å²) in [7, 11) is 7.78. The number of benzene rings is 2. The van der Waals surface area contributed by atoms with Crippen LogP contribution in [0.15, 0.2) is 18.2 Å². The van der Waals surface area contributed by atoms with Gasteiger partial charge in [0.2, 0.25) is 5.78 Å². The fraction of sp³-hybridized carbons (Fsp3) is 0.741. The molecule has 74 heavy (non-hydrogen) atoms. The van der Waals surface area contributed by atoms with Gasteiger partial charge >= 0.3 is 0 Å². The molecule has 0 aromatic heterocycles. The molecule has 0 saturated carbocycles. The lowest BCUT2D eigenvalue weighted by molar-refractivity contribution is -0.339. The largest absolute Gasteiger partial charge is 0.507 e. The first kappa shape index (κ1) is 55.3. The summed E-state index contributed by atoms with van der Waals surface area (Å²) in [6.45, 7) is 11.2. The van der Waals surface area contributed by atoms with Crippen molar-refractivity contribution in [2.24, 2.45) is 0 Å². The van der Waals surface area contributed by atoms with Gasteiger partial charge in [0.15, 0.2) is 37.2 Å². The van der Waals surface area contributed by atoms with Crippen molar-refractivity contribution in [2.45, 2.75) is 228 Å². The Morgan fingerprint density at radius 1 is 0.595 bits per heavy atom. The number of phenolic OH excluding ortho intramolecular Hbond substituents is 3. The molecule has 20 unspecified atom stereocenters. The number of likely N-dealkylation sites (N-methyl/N-ethyl adjacent to an activating group) is 2. The lowest BCUT2D eigenvalue weighted by Gasteiger charge is -2.49. The summed E-state index contributed by atoms with van der Waals surface area (Å²) in [6.07, 6.45) is -6.26. The Morgan fingerprint density at radius 2 is 1.12 bits per heavy atom. The second-order valence-corrected chi connectivity index (χ2v) is 22.1. The first-order valence-corrected chi connectivity index (χ1v) is 26.6. The number of rotatable bonds is 13.